The lowest BCUT2D eigenvalue weighted by atomic mass is 10.2. The summed E-state index contributed by atoms with van der Waals surface area (Å²) in [5.41, 5.74) is 0.613. The number of nitrogens with zero attached hydrogens (tertiary/aromatic N) is 2. The Bertz CT molecular complexity index is 829. The second-order valence-corrected chi connectivity index (χ2v) is 5.62. The van der Waals surface area contributed by atoms with Crippen LogP contribution in [0.3, 0.4) is 0 Å². The number of para-hydroxylation sites is 1. The molecule has 0 bridgehead atoms. The van der Waals surface area contributed by atoms with Gasteiger partial charge in [0.2, 0.25) is 5.89 Å². The molecular formula is C18H18N4O3. The Kier molecular flexibility index (Phi) is 4.94. The van der Waals surface area contributed by atoms with Crippen LogP contribution in [-0.4, -0.2) is 16.2 Å². The molecule has 128 valence electrons. The molecule has 0 unspecified atom stereocenters. The molecule has 0 radical (unpaired) electrons. The molecule has 0 saturated carbocycles. The molecule has 0 aliphatic heterocycles. The first-order valence-electron chi connectivity index (χ1n) is 7.84. The van der Waals surface area contributed by atoms with Crippen LogP contribution in [0.4, 0.5) is 16.5 Å². The summed E-state index contributed by atoms with van der Waals surface area (Å²) in [5, 5.41) is 12.8. The van der Waals surface area contributed by atoms with Crippen molar-refractivity contribution < 1.29 is 13.9 Å². The van der Waals surface area contributed by atoms with Crippen LogP contribution in [0.15, 0.2) is 59.0 Å². The Morgan fingerprint density at radius 1 is 0.960 bits per heavy atom. The molecule has 7 nitrogen and oxygen atoms in total. The number of aromatic nitrogens is 2. The molecular weight excluding hydrogens is 320 g/mol. The van der Waals surface area contributed by atoms with Gasteiger partial charge in [-0.2, -0.15) is 0 Å². The molecule has 1 heterocycles. The molecule has 0 fully saturated rings. The molecule has 2 N–H and O–H groups in total. The van der Waals surface area contributed by atoms with E-state index in [1.165, 1.54) is 0 Å². The third kappa shape index (κ3) is 4.57. The average molecular weight is 338 g/mol. The van der Waals surface area contributed by atoms with Gasteiger partial charge in [0.05, 0.1) is 0 Å². The summed E-state index contributed by atoms with van der Waals surface area (Å²) in [5.74, 6) is 2.00. The zero-order valence-electron chi connectivity index (χ0n) is 13.9. The molecule has 3 aromatic rings. The largest absolute Gasteiger partial charge is 0.457 e. The number of ether oxygens (including phenoxy) is 1. The Morgan fingerprint density at radius 2 is 1.64 bits per heavy atom. The standard InChI is InChI=1S/C18H18N4O3/c1-12(2)16-21-22-18(25-16)20-17(23)19-13-8-10-15(11-9-13)24-14-6-4-3-5-7-14/h3-12H,1-2H3,(H2,19,20,22,23). The van der Waals surface area contributed by atoms with Gasteiger partial charge in [-0.15, -0.1) is 5.10 Å². The van der Waals surface area contributed by atoms with Crippen molar-refractivity contribution >= 4 is 17.7 Å². The highest BCUT2D eigenvalue weighted by atomic mass is 16.5. The van der Waals surface area contributed by atoms with E-state index < -0.39 is 6.03 Å². The zero-order chi connectivity index (χ0) is 17.6. The molecule has 0 aliphatic carbocycles. The number of anilines is 2. The summed E-state index contributed by atoms with van der Waals surface area (Å²) >= 11 is 0. The topological polar surface area (TPSA) is 89.3 Å². The van der Waals surface area contributed by atoms with Crippen LogP contribution in [0.25, 0.3) is 0 Å². The zero-order valence-corrected chi connectivity index (χ0v) is 13.9. The van der Waals surface area contributed by atoms with Crippen LogP contribution < -0.4 is 15.4 Å². The third-order valence-electron chi connectivity index (χ3n) is 3.25. The van der Waals surface area contributed by atoms with Gasteiger partial charge >= 0.3 is 12.0 Å². The van der Waals surface area contributed by atoms with Crippen LogP contribution in [0.5, 0.6) is 11.5 Å². The molecule has 25 heavy (non-hydrogen) atoms. The minimum Gasteiger partial charge on any atom is -0.457 e. The maximum atomic E-state index is 12.0. The lowest BCUT2D eigenvalue weighted by Gasteiger charge is -2.08. The molecule has 2 amide bonds. The van der Waals surface area contributed by atoms with Gasteiger partial charge in [0.15, 0.2) is 0 Å². The summed E-state index contributed by atoms with van der Waals surface area (Å²) < 4.78 is 11.0. The van der Waals surface area contributed by atoms with Crippen molar-refractivity contribution in [3.05, 3.63) is 60.5 Å². The second kappa shape index (κ2) is 7.48. The van der Waals surface area contributed by atoms with Gasteiger partial charge in [-0.05, 0) is 36.4 Å². The third-order valence-corrected chi connectivity index (χ3v) is 3.25. The van der Waals surface area contributed by atoms with Crippen LogP contribution >= 0.6 is 0 Å². The lowest BCUT2D eigenvalue weighted by molar-refractivity contribution is 0.261. The first-order valence-corrected chi connectivity index (χ1v) is 7.84. The monoisotopic (exact) mass is 338 g/mol. The van der Waals surface area contributed by atoms with E-state index in [0.29, 0.717) is 17.3 Å². The maximum absolute atomic E-state index is 12.0. The number of hydrogen-bond donors (Lipinski definition) is 2. The fourth-order valence-corrected chi connectivity index (χ4v) is 2.01. The molecule has 1 aromatic heterocycles. The first kappa shape index (κ1) is 16.5. The number of urea groups is 1. The highest BCUT2D eigenvalue weighted by molar-refractivity contribution is 5.98. The molecule has 2 aromatic carbocycles. The quantitative estimate of drug-likeness (QED) is 0.708. The maximum Gasteiger partial charge on any atom is 0.327 e. The second-order valence-electron chi connectivity index (χ2n) is 5.62. The SMILES string of the molecule is CC(C)c1nnc(NC(=O)Nc2ccc(Oc3ccccc3)cc2)o1. The van der Waals surface area contributed by atoms with E-state index in [1.54, 1.807) is 24.3 Å². The number of carbonyl (C=O) groups is 1. The van der Waals surface area contributed by atoms with Gasteiger partial charge in [0.1, 0.15) is 11.5 Å². The summed E-state index contributed by atoms with van der Waals surface area (Å²) in [7, 11) is 0. The van der Waals surface area contributed by atoms with E-state index in [1.807, 2.05) is 44.2 Å². The summed E-state index contributed by atoms with van der Waals surface area (Å²) in [6.45, 7) is 3.85. The van der Waals surface area contributed by atoms with Gasteiger partial charge in [-0.3, -0.25) is 5.32 Å². The van der Waals surface area contributed by atoms with Crippen molar-refractivity contribution in [3.8, 4) is 11.5 Å². The number of carbonyl (C=O) groups excluding carboxylic acids is 1. The number of nitrogens with one attached hydrogen (secondary N) is 2. The Balaban J connectivity index is 1.56. The molecule has 0 saturated heterocycles. The smallest absolute Gasteiger partial charge is 0.327 e. The normalized spacial score (nSPS) is 10.5. The number of rotatable bonds is 5. The molecule has 0 aliphatic rings. The van der Waals surface area contributed by atoms with Gasteiger partial charge in [-0.1, -0.05) is 37.1 Å². The van der Waals surface area contributed by atoms with Crippen LogP contribution in [0, 0.1) is 0 Å². The van der Waals surface area contributed by atoms with Crippen molar-refractivity contribution in [2.45, 2.75) is 19.8 Å². The van der Waals surface area contributed by atoms with Crippen molar-refractivity contribution in [3.63, 3.8) is 0 Å². The minimum atomic E-state index is -0.462. The highest BCUT2D eigenvalue weighted by Gasteiger charge is 2.12. The predicted octanol–water partition coefficient (Wildman–Crippen LogP) is 4.63. The summed E-state index contributed by atoms with van der Waals surface area (Å²) in [6.07, 6.45) is 0. The fraction of sp³-hybridized carbons (Fsp3) is 0.167. The van der Waals surface area contributed by atoms with E-state index in [9.17, 15) is 4.79 Å². The van der Waals surface area contributed by atoms with Crippen molar-refractivity contribution in [1.29, 1.82) is 0 Å². The van der Waals surface area contributed by atoms with Crippen LogP contribution in [0.2, 0.25) is 0 Å². The van der Waals surface area contributed by atoms with Crippen LogP contribution in [-0.2, 0) is 0 Å². The van der Waals surface area contributed by atoms with Gasteiger partial charge in [-0.25, -0.2) is 4.79 Å². The van der Waals surface area contributed by atoms with Gasteiger partial charge in [0.25, 0.3) is 0 Å². The predicted molar refractivity (Wildman–Crippen MR) is 94.0 cm³/mol. The van der Waals surface area contributed by atoms with E-state index >= 15 is 0 Å². The number of benzene rings is 2. The van der Waals surface area contributed by atoms with E-state index in [-0.39, 0.29) is 11.9 Å². The Labute approximate surface area is 145 Å². The van der Waals surface area contributed by atoms with E-state index in [4.69, 9.17) is 9.15 Å². The van der Waals surface area contributed by atoms with Crippen molar-refractivity contribution in [2.75, 3.05) is 10.6 Å². The van der Waals surface area contributed by atoms with Crippen LogP contribution in [0.1, 0.15) is 25.7 Å². The number of amides is 2. The van der Waals surface area contributed by atoms with Crippen molar-refractivity contribution in [1.82, 2.24) is 10.2 Å². The Morgan fingerprint density at radius 3 is 2.28 bits per heavy atom. The lowest BCUT2D eigenvalue weighted by Crippen LogP contribution is -2.19. The Hall–Kier alpha value is -3.35. The number of hydrogen-bond acceptors (Lipinski definition) is 5. The summed E-state index contributed by atoms with van der Waals surface area (Å²) in [6, 6.07) is 16.1. The molecule has 7 heteroatoms. The average Bonchev–Trinajstić information content (AvgIpc) is 3.06. The van der Waals surface area contributed by atoms with Gasteiger partial charge < -0.3 is 14.5 Å². The van der Waals surface area contributed by atoms with E-state index in [2.05, 4.69) is 20.8 Å². The van der Waals surface area contributed by atoms with E-state index in [0.717, 1.165) is 5.75 Å². The highest BCUT2D eigenvalue weighted by Crippen LogP contribution is 2.22. The molecule has 0 spiro atoms. The fourth-order valence-electron chi connectivity index (χ4n) is 2.01. The summed E-state index contributed by atoms with van der Waals surface area (Å²) in [4.78, 5) is 12.0. The molecule has 0 atom stereocenters. The van der Waals surface area contributed by atoms with Crippen molar-refractivity contribution in [2.24, 2.45) is 0 Å². The first-order chi connectivity index (χ1) is 12.1. The minimum absolute atomic E-state index is 0.0604. The van der Waals surface area contributed by atoms with Gasteiger partial charge in [0, 0.05) is 11.6 Å². The molecule has 3 rings (SSSR count).